The minimum atomic E-state index is -0.602. The molecule has 3 unspecified atom stereocenters. The summed E-state index contributed by atoms with van der Waals surface area (Å²) in [6, 6.07) is 0. The van der Waals surface area contributed by atoms with E-state index in [0.29, 0.717) is 6.42 Å². The summed E-state index contributed by atoms with van der Waals surface area (Å²) in [6.45, 7) is 10.1. The van der Waals surface area contributed by atoms with Gasteiger partial charge < -0.3 is 10.2 Å². The van der Waals surface area contributed by atoms with Crippen molar-refractivity contribution in [1.82, 2.24) is 0 Å². The van der Waals surface area contributed by atoms with Gasteiger partial charge in [0.05, 0.1) is 12.2 Å². The Bertz CT molecular complexity index is 126. The molecule has 3 atom stereocenters. The highest BCUT2D eigenvalue weighted by Crippen LogP contribution is 2.29. The molecule has 0 aromatic rings. The molecule has 0 bridgehead atoms. The van der Waals surface area contributed by atoms with Gasteiger partial charge in [-0.1, -0.05) is 34.6 Å². The third-order valence-corrected chi connectivity index (χ3v) is 2.69. The summed E-state index contributed by atoms with van der Waals surface area (Å²) in [7, 11) is 0. The van der Waals surface area contributed by atoms with Crippen LogP contribution in [-0.2, 0) is 0 Å². The molecule has 0 rings (SSSR count). The summed E-state index contributed by atoms with van der Waals surface area (Å²) < 4.78 is 0. The molecule has 2 nitrogen and oxygen atoms in total. The summed E-state index contributed by atoms with van der Waals surface area (Å²) in [6.07, 6.45) is -0.573. The van der Waals surface area contributed by atoms with Gasteiger partial charge in [0.1, 0.15) is 0 Å². The smallest absolute Gasteiger partial charge is 0.0829 e. The highest BCUT2D eigenvalue weighted by Gasteiger charge is 2.30. The van der Waals surface area contributed by atoms with E-state index in [1.165, 1.54) is 0 Å². The van der Waals surface area contributed by atoms with Crippen LogP contribution in [0.1, 0.15) is 41.0 Å². The molecule has 0 spiro atoms. The molecule has 0 radical (unpaired) electrons. The van der Waals surface area contributed by atoms with Crippen LogP contribution in [0.3, 0.4) is 0 Å². The van der Waals surface area contributed by atoms with E-state index in [1.54, 1.807) is 0 Å². The van der Waals surface area contributed by atoms with E-state index in [4.69, 9.17) is 0 Å². The molecule has 74 valence electrons. The van der Waals surface area contributed by atoms with E-state index in [2.05, 4.69) is 20.8 Å². The maximum atomic E-state index is 9.67. The van der Waals surface area contributed by atoms with Gasteiger partial charge in [-0.25, -0.2) is 0 Å². The SMILES string of the molecule is CCC(O)C(O)C(C)C(C)(C)C. The molecule has 0 aliphatic rings. The maximum Gasteiger partial charge on any atom is 0.0829 e. The Kier molecular flexibility index (Phi) is 4.21. The Morgan fingerprint density at radius 2 is 1.58 bits per heavy atom. The van der Waals surface area contributed by atoms with Crippen LogP contribution in [0.15, 0.2) is 0 Å². The normalized spacial score (nSPS) is 20.2. The lowest BCUT2D eigenvalue weighted by atomic mass is 9.77. The lowest BCUT2D eigenvalue weighted by molar-refractivity contribution is -0.0433. The second-order valence-corrected chi connectivity index (χ2v) is 4.62. The van der Waals surface area contributed by atoms with Crippen LogP contribution in [0.4, 0.5) is 0 Å². The fourth-order valence-electron chi connectivity index (χ4n) is 1.09. The monoisotopic (exact) mass is 174 g/mol. The summed E-state index contributed by atoms with van der Waals surface area (Å²) >= 11 is 0. The number of hydrogen-bond acceptors (Lipinski definition) is 2. The Morgan fingerprint density at radius 1 is 1.17 bits per heavy atom. The number of rotatable bonds is 3. The van der Waals surface area contributed by atoms with Crippen LogP contribution in [0.5, 0.6) is 0 Å². The third-order valence-electron chi connectivity index (χ3n) is 2.69. The van der Waals surface area contributed by atoms with E-state index >= 15 is 0 Å². The van der Waals surface area contributed by atoms with Crippen LogP contribution < -0.4 is 0 Å². The largest absolute Gasteiger partial charge is 0.390 e. The van der Waals surface area contributed by atoms with Crippen molar-refractivity contribution in [3.63, 3.8) is 0 Å². The zero-order valence-electron chi connectivity index (χ0n) is 8.83. The lowest BCUT2D eigenvalue weighted by Gasteiger charge is -2.33. The minimum absolute atomic E-state index is 0.0512. The van der Waals surface area contributed by atoms with E-state index in [9.17, 15) is 10.2 Å². The minimum Gasteiger partial charge on any atom is -0.390 e. The standard InChI is InChI=1S/C10H22O2/c1-6-8(11)9(12)7(2)10(3,4)5/h7-9,11-12H,6H2,1-5H3. The van der Waals surface area contributed by atoms with E-state index in [-0.39, 0.29) is 11.3 Å². The lowest BCUT2D eigenvalue weighted by Crippen LogP contribution is -2.38. The van der Waals surface area contributed by atoms with Crippen LogP contribution in [0, 0.1) is 11.3 Å². The summed E-state index contributed by atoms with van der Waals surface area (Å²) in [5.74, 6) is 0.118. The molecule has 12 heavy (non-hydrogen) atoms. The molecule has 2 N–H and O–H groups in total. The molecule has 2 heteroatoms. The first-order valence-electron chi connectivity index (χ1n) is 4.66. The first-order chi connectivity index (χ1) is 5.30. The Labute approximate surface area is 75.6 Å². The molecule has 0 amide bonds. The molecular formula is C10H22O2. The molecule has 0 aromatic heterocycles. The third kappa shape index (κ3) is 3.11. The average molecular weight is 174 g/mol. The van der Waals surface area contributed by atoms with Gasteiger partial charge in [0.15, 0.2) is 0 Å². The van der Waals surface area contributed by atoms with Crippen molar-refractivity contribution in [2.24, 2.45) is 11.3 Å². The molecule has 0 aromatic carbocycles. The quantitative estimate of drug-likeness (QED) is 0.685. The van der Waals surface area contributed by atoms with Crippen molar-refractivity contribution in [3.8, 4) is 0 Å². The fraction of sp³-hybridized carbons (Fsp3) is 1.00. The first kappa shape index (κ1) is 11.9. The predicted octanol–water partition coefficient (Wildman–Crippen LogP) is 1.80. The second-order valence-electron chi connectivity index (χ2n) is 4.62. The van der Waals surface area contributed by atoms with Gasteiger partial charge >= 0.3 is 0 Å². The first-order valence-corrected chi connectivity index (χ1v) is 4.66. The molecular weight excluding hydrogens is 152 g/mol. The Morgan fingerprint density at radius 3 is 1.83 bits per heavy atom. The van der Waals surface area contributed by atoms with E-state index in [1.807, 2.05) is 13.8 Å². The predicted molar refractivity (Wildman–Crippen MR) is 50.9 cm³/mol. The molecule has 0 saturated heterocycles. The van der Waals surface area contributed by atoms with Crippen molar-refractivity contribution >= 4 is 0 Å². The van der Waals surface area contributed by atoms with Gasteiger partial charge in [-0.3, -0.25) is 0 Å². The van der Waals surface area contributed by atoms with Crippen molar-refractivity contribution in [2.45, 2.75) is 53.2 Å². The van der Waals surface area contributed by atoms with Crippen molar-refractivity contribution in [3.05, 3.63) is 0 Å². The maximum absolute atomic E-state index is 9.67. The Balaban J connectivity index is 4.19. The number of hydrogen-bond donors (Lipinski definition) is 2. The van der Waals surface area contributed by atoms with Crippen LogP contribution in [0.25, 0.3) is 0 Å². The van der Waals surface area contributed by atoms with Crippen molar-refractivity contribution in [2.75, 3.05) is 0 Å². The molecule has 0 aliphatic carbocycles. The van der Waals surface area contributed by atoms with Gasteiger partial charge in [0.2, 0.25) is 0 Å². The molecule has 0 heterocycles. The molecule has 0 aliphatic heterocycles. The fourth-order valence-corrected chi connectivity index (χ4v) is 1.09. The Hall–Kier alpha value is -0.0800. The second kappa shape index (κ2) is 4.24. The van der Waals surface area contributed by atoms with Gasteiger partial charge in [-0.15, -0.1) is 0 Å². The van der Waals surface area contributed by atoms with Crippen LogP contribution in [0.2, 0.25) is 0 Å². The van der Waals surface area contributed by atoms with Gasteiger partial charge in [0, 0.05) is 0 Å². The summed E-state index contributed by atoms with van der Waals surface area (Å²) in [4.78, 5) is 0. The summed E-state index contributed by atoms with van der Waals surface area (Å²) in [5.41, 5.74) is 0.0512. The number of aliphatic hydroxyl groups is 2. The van der Waals surface area contributed by atoms with Gasteiger partial charge in [-0.2, -0.15) is 0 Å². The van der Waals surface area contributed by atoms with E-state index < -0.39 is 12.2 Å². The zero-order chi connectivity index (χ0) is 9.94. The topological polar surface area (TPSA) is 40.5 Å². The summed E-state index contributed by atoms with van der Waals surface area (Å²) in [5, 5.41) is 19.1. The highest BCUT2D eigenvalue weighted by molar-refractivity contribution is 4.80. The van der Waals surface area contributed by atoms with Crippen molar-refractivity contribution < 1.29 is 10.2 Å². The zero-order valence-corrected chi connectivity index (χ0v) is 8.83. The molecule has 0 fully saturated rings. The van der Waals surface area contributed by atoms with E-state index in [0.717, 1.165) is 0 Å². The van der Waals surface area contributed by atoms with Crippen LogP contribution >= 0.6 is 0 Å². The van der Waals surface area contributed by atoms with Gasteiger partial charge in [0.25, 0.3) is 0 Å². The van der Waals surface area contributed by atoms with Gasteiger partial charge in [-0.05, 0) is 17.8 Å². The number of aliphatic hydroxyl groups excluding tert-OH is 2. The van der Waals surface area contributed by atoms with Crippen molar-refractivity contribution in [1.29, 1.82) is 0 Å². The average Bonchev–Trinajstić information content (AvgIpc) is 1.98. The van der Waals surface area contributed by atoms with Crippen LogP contribution in [-0.4, -0.2) is 22.4 Å². The molecule has 0 saturated carbocycles. The highest BCUT2D eigenvalue weighted by atomic mass is 16.3.